The molecule has 0 aliphatic heterocycles. The number of rotatable bonds is 8. The standard InChI is InChI=1S/C6H12O8S2/c7-6(8)2-1-4-15(9,10)5-3-14-16(11,12)13/h1-5H2,(H,7,8)(H,11,12,13). The maximum atomic E-state index is 11.1. The molecule has 10 heteroatoms. The fourth-order valence-electron chi connectivity index (χ4n) is 0.812. The van der Waals surface area contributed by atoms with Gasteiger partial charge in [-0.15, -0.1) is 0 Å². The molecular formula is C6H12O8S2. The molecule has 16 heavy (non-hydrogen) atoms. The van der Waals surface area contributed by atoms with E-state index in [2.05, 4.69) is 4.18 Å². The van der Waals surface area contributed by atoms with Gasteiger partial charge in [0.15, 0.2) is 9.84 Å². The molecule has 0 unspecified atom stereocenters. The van der Waals surface area contributed by atoms with Crippen LogP contribution in [0.5, 0.6) is 0 Å². The highest BCUT2D eigenvalue weighted by molar-refractivity contribution is 7.91. The highest BCUT2D eigenvalue weighted by atomic mass is 32.3. The van der Waals surface area contributed by atoms with E-state index in [9.17, 15) is 21.6 Å². The summed E-state index contributed by atoms with van der Waals surface area (Å²) >= 11 is 0. The number of carbonyl (C=O) groups is 1. The third-order valence-electron chi connectivity index (χ3n) is 1.47. The summed E-state index contributed by atoms with van der Waals surface area (Å²) in [4.78, 5) is 10.1. The number of carboxylic acid groups (broad SMARTS) is 1. The third kappa shape index (κ3) is 9.83. The van der Waals surface area contributed by atoms with Crippen molar-refractivity contribution in [2.75, 3.05) is 18.1 Å². The number of sulfone groups is 1. The lowest BCUT2D eigenvalue weighted by molar-refractivity contribution is -0.137. The molecule has 0 spiro atoms. The van der Waals surface area contributed by atoms with Crippen LogP contribution in [0.3, 0.4) is 0 Å². The minimum atomic E-state index is -4.64. The molecule has 0 rings (SSSR count). The molecule has 0 aromatic carbocycles. The predicted octanol–water partition coefficient (Wildman–Crippen LogP) is -0.915. The van der Waals surface area contributed by atoms with Gasteiger partial charge in [-0.3, -0.25) is 9.35 Å². The molecule has 0 aliphatic rings. The number of hydrogen-bond donors (Lipinski definition) is 2. The van der Waals surface area contributed by atoms with Gasteiger partial charge in [-0.05, 0) is 6.42 Å². The Labute approximate surface area is 93.1 Å². The van der Waals surface area contributed by atoms with Crippen LogP contribution < -0.4 is 0 Å². The Hall–Kier alpha value is -0.710. The largest absolute Gasteiger partial charge is 0.481 e. The summed E-state index contributed by atoms with van der Waals surface area (Å²) < 4.78 is 54.4. The molecule has 0 saturated heterocycles. The molecule has 0 aromatic rings. The van der Waals surface area contributed by atoms with Gasteiger partial charge in [0, 0.05) is 6.42 Å². The van der Waals surface area contributed by atoms with Crippen molar-refractivity contribution in [1.29, 1.82) is 0 Å². The summed E-state index contributed by atoms with van der Waals surface area (Å²) in [5.41, 5.74) is 0. The van der Waals surface area contributed by atoms with Gasteiger partial charge < -0.3 is 5.11 Å². The lowest BCUT2D eigenvalue weighted by atomic mass is 10.3. The lowest BCUT2D eigenvalue weighted by Crippen LogP contribution is -2.18. The molecule has 0 bridgehead atoms. The summed E-state index contributed by atoms with van der Waals surface area (Å²) in [5, 5.41) is 8.26. The Morgan fingerprint density at radius 3 is 2.12 bits per heavy atom. The average Bonchev–Trinajstić information content (AvgIpc) is 1.99. The first kappa shape index (κ1) is 15.3. The van der Waals surface area contributed by atoms with E-state index in [4.69, 9.17) is 9.66 Å². The van der Waals surface area contributed by atoms with Gasteiger partial charge in [0.1, 0.15) is 0 Å². The summed E-state index contributed by atoms with van der Waals surface area (Å²) in [7, 11) is -8.20. The Balaban J connectivity index is 3.93. The van der Waals surface area contributed by atoms with Crippen LogP contribution >= 0.6 is 0 Å². The maximum Gasteiger partial charge on any atom is 0.397 e. The van der Waals surface area contributed by atoms with Crippen molar-refractivity contribution in [2.24, 2.45) is 0 Å². The van der Waals surface area contributed by atoms with E-state index in [0.29, 0.717) is 0 Å². The van der Waals surface area contributed by atoms with Crippen molar-refractivity contribution in [3.8, 4) is 0 Å². The monoisotopic (exact) mass is 276 g/mol. The Bertz CT molecular complexity index is 419. The van der Waals surface area contributed by atoms with Gasteiger partial charge in [-0.25, -0.2) is 12.6 Å². The number of carboxylic acids is 1. The van der Waals surface area contributed by atoms with Crippen LogP contribution in [-0.4, -0.2) is 50.6 Å². The normalized spacial score (nSPS) is 12.6. The fraction of sp³-hybridized carbons (Fsp3) is 0.833. The highest BCUT2D eigenvalue weighted by Crippen LogP contribution is 1.99. The fourth-order valence-corrected chi connectivity index (χ4v) is 2.34. The van der Waals surface area contributed by atoms with Crippen molar-refractivity contribution in [3.05, 3.63) is 0 Å². The molecule has 0 aliphatic carbocycles. The first-order valence-corrected chi connectivity index (χ1v) is 7.35. The van der Waals surface area contributed by atoms with Crippen LogP contribution in [0, 0.1) is 0 Å². The van der Waals surface area contributed by atoms with Gasteiger partial charge in [0.2, 0.25) is 0 Å². The van der Waals surface area contributed by atoms with Crippen molar-refractivity contribution in [1.82, 2.24) is 0 Å². The molecular weight excluding hydrogens is 264 g/mol. The van der Waals surface area contributed by atoms with Crippen LogP contribution in [-0.2, 0) is 29.2 Å². The van der Waals surface area contributed by atoms with E-state index in [1.807, 2.05) is 0 Å². The van der Waals surface area contributed by atoms with Crippen molar-refractivity contribution >= 4 is 26.2 Å². The van der Waals surface area contributed by atoms with Crippen LogP contribution in [0.4, 0.5) is 0 Å². The van der Waals surface area contributed by atoms with E-state index >= 15 is 0 Å². The Morgan fingerprint density at radius 1 is 1.12 bits per heavy atom. The maximum absolute atomic E-state index is 11.1. The van der Waals surface area contributed by atoms with E-state index < -0.39 is 38.6 Å². The van der Waals surface area contributed by atoms with Gasteiger partial charge >= 0.3 is 16.4 Å². The predicted molar refractivity (Wildman–Crippen MR) is 53.0 cm³/mol. The molecule has 0 atom stereocenters. The zero-order valence-corrected chi connectivity index (χ0v) is 9.83. The first-order chi connectivity index (χ1) is 7.12. The average molecular weight is 276 g/mol. The molecule has 96 valence electrons. The zero-order valence-electron chi connectivity index (χ0n) is 8.20. The minimum Gasteiger partial charge on any atom is -0.481 e. The summed E-state index contributed by atoms with van der Waals surface area (Å²) in [6, 6.07) is 0. The summed E-state index contributed by atoms with van der Waals surface area (Å²) in [6.45, 7) is -0.686. The highest BCUT2D eigenvalue weighted by Gasteiger charge is 2.14. The van der Waals surface area contributed by atoms with E-state index in [1.165, 1.54) is 0 Å². The van der Waals surface area contributed by atoms with E-state index in [1.54, 1.807) is 0 Å². The second kappa shape index (κ2) is 6.13. The van der Waals surface area contributed by atoms with Crippen molar-refractivity contribution in [2.45, 2.75) is 12.8 Å². The molecule has 0 radical (unpaired) electrons. The molecule has 0 aromatic heterocycles. The SMILES string of the molecule is O=C(O)CCCS(=O)(=O)CCOS(=O)(=O)O. The summed E-state index contributed by atoms with van der Waals surface area (Å²) in [5.74, 6) is -2.06. The van der Waals surface area contributed by atoms with Gasteiger partial charge in [0.25, 0.3) is 0 Å². The number of aliphatic carboxylic acids is 1. The smallest absolute Gasteiger partial charge is 0.397 e. The lowest BCUT2D eigenvalue weighted by Gasteiger charge is -2.02. The van der Waals surface area contributed by atoms with Crippen LogP contribution in [0.25, 0.3) is 0 Å². The summed E-state index contributed by atoms with van der Waals surface area (Å²) in [6.07, 6.45) is -0.331. The first-order valence-electron chi connectivity index (χ1n) is 4.16. The molecule has 2 N–H and O–H groups in total. The minimum absolute atomic E-state index is 0.0520. The Morgan fingerprint density at radius 2 is 1.69 bits per heavy atom. The van der Waals surface area contributed by atoms with Crippen LogP contribution in [0.2, 0.25) is 0 Å². The zero-order chi connectivity index (χ0) is 12.8. The van der Waals surface area contributed by atoms with Gasteiger partial charge in [-0.2, -0.15) is 8.42 Å². The second-order valence-electron chi connectivity index (χ2n) is 2.90. The van der Waals surface area contributed by atoms with E-state index in [-0.39, 0.29) is 18.6 Å². The van der Waals surface area contributed by atoms with Crippen molar-refractivity contribution < 1.29 is 35.5 Å². The van der Waals surface area contributed by atoms with Crippen LogP contribution in [0.15, 0.2) is 0 Å². The quantitative estimate of drug-likeness (QED) is 0.544. The second-order valence-corrected chi connectivity index (χ2v) is 6.29. The molecule has 8 nitrogen and oxygen atoms in total. The molecule has 0 saturated carbocycles. The number of hydrogen-bond acceptors (Lipinski definition) is 6. The van der Waals surface area contributed by atoms with E-state index in [0.717, 1.165) is 0 Å². The topological polar surface area (TPSA) is 135 Å². The Kier molecular flexibility index (Phi) is 5.86. The molecule has 0 fully saturated rings. The van der Waals surface area contributed by atoms with Crippen molar-refractivity contribution in [3.63, 3.8) is 0 Å². The van der Waals surface area contributed by atoms with Crippen LogP contribution in [0.1, 0.15) is 12.8 Å². The molecule has 0 amide bonds. The molecule has 0 heterocycles. The van der Waals surface area contributed by atoms with Gasteiger partial charge in [0.05, 0.1) is 18.1 Å². The van der Waals surface area contributed by atoms with Gasteiger partial charge in [-0.1, -0.05) is 0 Å². The third-order valence-corrected chi connectivity index (χ3v) is 3.64.